The number of benzene rings is 1. The highest BCUT2D eigenvalue weighted by atomic mass is 16.2. The number of anilines is 2. The summed E-state index contributed by atoms with van der Waals surface area (Å²) in [5.41, 5.74) is 2.91. The molecular formula is C21H26N2O2. The van der Waals surface area contributed by atoms with Crippen molar-refractivity contribution in [1.29, 1.82) is 0 Å². The van der Waals surface area contributed by atoms with Crippen LogP contribution in [0.5, 0.6) is 0 Å². The Morgan fingerprint density at radius 3 is 2.36 bits per heavy atom. The minimum absolute atomic E-state index is 0.114. The Bertz CT molecular complexity index is 719. The summed E-state index contributed by atoms with van der Waals surface area (Å²) < 4.78 is 0. The fraction of sp³-hybridized carbons (Fsp3) is 0.619. The number of hydrogen-bond donors (Lipinski definition) is 1. The molecule has 4 fully saturated rings. The van der Waals surface area contributed by atoms with E-state index in [1.54, 1.807) is 4.90 Å². The molecule has 4 heteroatoms. The minimum Gasteiger partial charge on any atom is -0.326 e. The van der Waals surface area contributed by atoms with Crippen LogP contribution >= 0.6 is 0 Å². The largest absolute Gasteiger partial charge is 0.326 e. The zero-order valence-electron chi connectivity index (χ0n) is 14.9. The summed E-state index contributed by atoms with van der Waals surface area (Å²) in [6.45, 7) is 0. The van der Waals surface area contributed by atoms with E-state index in [0.29, 0.717) is 6.42 Å². The summed E-state index contributed by atoms with van der Waals surface area (Å²) in [5, 5.41) is 3.23. The molecule has 25 heavy (non-hydrogen) atoms. The average molecular weight is 338 g/mol. The second-order valence-electron chi connectivity index (χ2n) is 8.95. The molecular weight excluding hydrogens is 312 g/mol. The first-order valence-corrected chi connectivity index (χ1v) is 9.73. The number of nitrogens with one attached hydrogen (secondary N) is 1. The molecule has 5 aliphatic rings. The van der Waals surface area contributed by atoms with Crippen molar-refractivity contribution in [2.24, 2.45) is 23.2 Å². The topological polar surface area (TPSA) is 49.4 Å². The van der Waals surface area contributed by atoms with Gasteiger partial charge in [0, 0.05) is 24.8 Å². The van der Waals surface area contributed by atoms with Crippen LogP contribution in [0, 0.1) is 23.2 Å². The normalized spacial score (nSPS) is 35.6. The molecule has 0 spiro atoms. The Balaban J connectivity index is 1.37. The van der Waals surface area contributed by atoms with Crippen LogP contribution in [0.4, 0.5) is 11.4 Å². The van der Waals surface area contributed by atoms with Gasteiger partial charge < -0.3 is 10.2 Å². The SMILES string of the molecule is CN1C(=O)CCc2cc(NC(=O)C34CC5CC(CC(C5)C3)C4)ccc21. The van der Waals surface area contributed by atoms with Gasteiger partial charge in [0.1, 0.15) is 0 Å². The van der Waals surface area contributed by atoms with Crippen LogP contribution in [-0.4, -0.2) is 18.9 Å². The average Bonchev–Trinajstić information content (AvgIpc) is 2.57. The molecule has 1 heterocycles. The van der Waals surface area contributed by atoms with Gasteiger partial charge in [-0.15, -0.1) is 0 Å². The number of rotatable bonds is 2. The molecule has 0 unspecified atom stereocenters. The van der Waals surface area contributed by atoms with E-state index in [0.717, 1.165) is 60.4 Å². The lowest BCUT2D eigenvalue weighted by atomic mass is 9.49. The van der Waals surface area contributed by atoms with Crippen LogP contribution in [0.15, 0.2) is 18.2 Å². The molecule has 0 aromatic heterocycles. The summed E-state index contributed by atoms with van der Waals surface area (Å²) >= 11 is 0. The highest BCUT2D eigenvalue weighted by Crippen LogP contribution is 2.60. The van der Waals surface area contributed by atoms with Gasteiger partial charge in [0.2, 0.25) is 11.8 Å². The molecule has 0 atom stereocenters. The van der Waals surface area contributed by atoms with Crippen molar-refractivity contribution in [3.8, 4) is 0 Å². The van der Waals surface area contributed by atoms with Crippen molar-refractivity contribution in [2.75, 3.05) is 17.3 Å². The third kappa shape index (κ3) is 2.41. The first-order chi connectivity index (χ1) is 12.0. The monoisotopic (exact) mass is 338 g/mol. The molecule has 1 aromatic rings. The summed E-state index contributed by atoms with van der Waals surface area (Å²) in [6.07, 6.45) is 8.64. The molecule has 132 valence electrons. The Morgan fingerprint density at radius 1 is 1.08 bits per heavy atom. The molecule has 4 nitrogen and oxygen atoms in total. The van der Waals surface area contributed by atoms with Gasteiger partial charge in [-0.2, -0.15) is 0 Å². The van der Waals surface area contributed by atoms with E-state index in [9.17, 15) is 9.59 Å². The Hall–Kier alpha value is -1.84. The van der Waals surface area contributed by atoms with E-state index in [4.69, 9.17) is 0 Å². The molecule has 0 radical (unpaired) electrons. The summed E-state index contributed by atoms with van der Waals surface area (Å²) in [5.74, 6) is 2.74. The lowest BCUT2D eigenvalue weighted by Gasteiger charge is -2.55. The van der Waals surface area contributed by atoms with E-state index in [-0.39, 0.29) is 17.2 Å². The first kappa shape index (κ1) is 15.4. The van der Waals surface area contributed by atoms with Crippen molar-refractivity contribution in [3.05, 3.63) is 23.8 Å². The summed E-state index contributed by atoms with van der Waals surface area (Å²) in [4.78, 5) is 26.7. The van der Waals surface area contributed by atoms with Crippen molar-refractivity contribution in [3.63, 3.8) is 0 Å². The van der Waals surface area contributed by atoms with Gasteiger partial charge in [-0.25, -0.2) is 0 Å². The summed E-state index contributed by atoms with van der Waals surface area (Å²) in [6, 6.07) is 5.99. The highest BCUT2D eigenvalue weighted by Gasteiger charge is 2.54. The van der Waals surface area contributed by atoms with E-state index >= 15 is 0 Å². The van der Waals surface area contributed by atoms with Crippen LogP contribution in [-0.2, 0) is 16.0 Å². The van der Waals surface area contributed by atoms with Crippen molar-refractivity contribution in [1.82, 2.24) is 0 Å². The zero-order valence-corrected chi connectivity index (χ0v) is 14.9. The molecule has 4 saturated carbocycles. The molecule has 2 amide bonds. The summed E-state index contributed by atoms with van der Waals surface area (Å²) in [7, 11) is 1.83. The molecule has 6 rings (SSSR count). The quantitative estimate of drug-likeness (QED) is 0.893. The maximum atomic E-state index is 13.2. The van der Waals surface area contributed by atoms with Crippen LogP contribution in [0.25, 0.3) is 0 Å². The maximum absolute atomic E-state index is 13.2. The van der Waals surface area contributed by atoms with E-state index in [1.165, 1.54) is 19.3 Å². The number of nitrogens with zero attached hydrogens (tertiary/aromatic N) is 1. The predicted octanol–water partition coefficient (Wildman–Crippen LogP) is 3.75. The molecule has 0 saturated heterocycles. The van der Waals surface area contributed by atoms with Crippen LogP contribution in [0.3, 0.4) is 0 Å². The zero-order chi connectivity index (χ0) is 17.2. The fourth-order valence-electron chi connectivity index (χ4n) is 6.39. The van der Waals surface area contributed by atoms with Gasteiger partial charge >= 0.3 is 0 Å². The predicted molar refractivity (Wildman–Crippen MR) is 97.4 cm³/mol. The van der Waals surface area contributed by atoms with Gasteiger partial charge in [-0.1, -0.05) is 0 Å². The van der Waals surface area contributed by atoms with Crippen molar-refractivity contribution < 1.29 is 9.59 Å². The lowest BCUT2D eigenvalue weighted by Crippen LogP contribution is -2.51. The number of fused-ring (bicyclic) bond motifs is 1. The second-order valence-corrected chi connectivity index (χ2v) is 8.95. The van der Waals surface area contributed by atoms with E-state index in [2.05, 4.69) is 11.4 Å². The molecule has 4 bridgehead atoms. The van der Waals surface area contributed by atoms with Gasteiger partial charge in [-0.3, -0.25) is 9.59 Å². The maximum Gasteiger partial charge on any atom is 0.230 e. The Morgan fingerprint density at radius 2 is 1.72 bits per heavy atom. The fourth-order valence-corrected chi connectivity index (χ4v) is 6.39. The third-order valence-electron chi connectivity index (χ3n) is 7.20. The molecule has 1 aliphatic heterocycles. The lowest BCUT2D eigenvalue weighted by molar-refractivity contribution is -0.140. The van der Waals surface area contributed by atoms with E-state index < -0.39 is 0 Å². The van der Waals surface area contributed by atoms with Crippen LogP contribution in [0.1, 0.15) is 50.5 Å². The van der Waals surface area contributed by atoms with Gasteiger partial charge in [0.15, 0.2) is 0 Å². The number of amides is 2. The number of carbonyl (C=O) groups excluding carboxylic acids is 2. The number of aryl methyl sites for hydroxylation is 1. The van der Waals surface area contributed by atoms with Gasteiger partial charge in [-0.05, 0) is 86.5 Å². The third-order valence-corrected chi connectivity index (χ3v) is 7.20. The first-order valence-electron chi connectivity index (χ1n) is 9.73. The van der Waals surface area contributed by atoms with Crippen molar-refractivity contribution in [2.45, 2.75) is 51.4 Å². The number of carbonyl (C=O) groups is 2. The molecule has 1 N–H and O–H groups in total. The van der Waals surface area contributed by atoms with Gasteiger partial charge in [0.05, 0.1) is 5.41 Å². The Kier molecular flexibility index (Phi) is 3.28. The standard InChI is InChI=1S/C21H26N2O2/c1-23-18-4-3-17(9-16(18)2-5-19(23)24)22-20(25)21-10-13-6-14(11-21)8-15(7-13)12-21/h3-4,9,13-15H,2,5-8,10-12H2,1H3,(H,22,25). The minimum atomic E-state index is -0.114. The molecule has 4 aliphatic carbocycles. The smallest absolute Gasteiger partial charge is 0.230 e. The Labute approximate surface area is 149 Å². The second kappa shape index (κ2) is 5.33. The number of hydrogen-bond acceptors (Lipinski definition) is 2. The highest BCUT2D eigenvalue weighted by molar-refractivity contribution is 5.98. The van der Waals surface area contributed by atoms with Crippen LogP contribution in [0.2, 0.25) is 0 Å². The van der Waals surface area contributed by atoms with Crippen molar-refractivity contribution >= 4 is 23.2 Å². The van der Waals surface area contributed by atoms with Crippen LogP contribution < -0.4 is 10.2 Å². The van der Waals surface area contributed by atoms with Gasteiger partial charge in [0.25, 0.3) is 0 Å². The van der Waals surface area contributed by atoms with E-state index in [1.807, 2.05) is 19.2 Å². The molecule has 1 aromatic carbocycles.